The van der Waals surface area contributed by atoms with Crippen molar-refractivity contribution >= 4 is 28.5 Å². The molecule has 0 spiro atoms. The third-order valence-electron chi connectivity index (χ3n) is 4.19. The van der Waals surface area contributed by atoms with Gasteiger partial charge in [-0.3, -0.25) is 10.4 Å². The molecule has 6 nitrogen and oxygen atoms in total. The normalized spacial score (nSPS) is 11.4. The van der Waals surface area contributed by atoms with E-state index in [0.29, 0.717) is 17.1 Å². The number of para-hydroxylation sites is 2. The van der Waals surface area contributed by atoms with Gasteiger partial charge < -0.3 is 5.11 Å². The molecule has 0 aliphatic rings. The molecule has 0 fully saturated rings. The smallest absolute Gasteiger partial charge is 0.336 e. The summed E-state index contributed by atoms with van der Waals surface area (Å²) in [5, 5.41) is 14.1. The second-order valence-corrected chi connectivity index (χ2v) is 6.03. The van der Waals surface area contributed by atoms with Crippen molar-refractivity contribution in [1.82, 2.24) is 9.97 Å². The van der Waals surface area contributed by atoms with E-state index in [0.717, 1.165) is 16.6 Å². The predicted molar refractivity (Wildman–Crippen MR) is 109 cm³/mol. The number of fused-ring (bicyclic) bond motifs is 1. The van der Waals surface area contributed by atoms with Crippen LogP contribution in [0.1, 0.15) is 21.5 Å². The second-order valence-electron chi connectivity index (χ2n) is 6.03. The Balaban J connectivity index is 1.78. The zero-order chi connectivity index (χ0) is 19.3. The van der Waals surface area contributed by atoms with Crippen LogP contribution in [0.2, 0.25) is 0 Å². The van der Waals surface area contributed by atoms with Crippen molar-refractivity contribution in [3.8, 4) is 0 Å². The molecule has 28 heavy (non-hydrogen) atoms. The van der Waals surface area contributed by atoms with Crippen molar-refractivity contribution in [3.63, 3.8) is 0 Å². The monoisotopic (exact) mass is 368 g/mol. The van der Waals surface area contributed by atoms with Gasteiger partial charge in [0.1, 0.15) is 0 Å². The van der Waals surface area contributed by atoms with Crippen molar-refractivity contribution in [2.75, 3.05) is 5.43 Å². The number of hydrazone groups is 1. The molecule has 0 radical (unpaired) electrons. The number of carboxylic acids is 1. The fourth-order valence-electron chi connectivity index (χ4n) is 2.88. The van der Waals surface area contributed by atoms with Crippen molar-refractivity contribution in [1.29, 1.82) is 0 Å². The van der Waals surface area contributed by atoms with Gasteiger partial charge in [0.05, 0.1) is 28.5 Å². The van der Waals surface area contributed by atoms with Crippen LogP contribution in [0.25, 0.3) is 11.0 Å². The highest BCUT2D eigenvalue weighted by atomic mass is 16.4. The van der Waals surface area contributed by atoms with E-state index in [2.05, 4.69) is 20.5 Å². The lowest BCUT2D eigenvalue weighted by Crippen LogP contribution is -2.12. The van der Waals surface area contributed by atoms with Gasteiger partial charge in [-0.05, 0) is 18.2 Å². The number of carboxylic acid groups (broad SMARTS) is 1. The van der Waals surface area contributed by atoms with Crippen molar-refractivity contribution < 1.29 is 9.90 Å². The number of nitrogens with one attached hydrogen (secondary N) is 1. The Morgan fingerprint density at radius 3 is 2.21 bits per heavy atom. The lowest BCUT2D eigenvalue weighted by atomic mass is 9.97. The highest BCUT2D eigenvalue weighted by molar-refractivity contribution is 6.17. The second kappa shape index (κ2) is 7.67. The Kier molecular flexibility index (Phi) is 4.76. The molecule has 3 aromatic carbocycles. The van der Waals surface area contributed by atoms with E-state index < -0.39 is 5.97 Å². The number of benzene rings is 3. The maximum Gasteiger partial charge on any atom is 0.336 e. The summed E-state index contributed by atoms with van der Waals surface area (Å²) >= 11 is 0. The fraction of sp³-hybridized carbons (Fsp3) is 0. The number of hydrogen-bond acceptors (Lipinski definition) is 5. The molecule has 0 saturated heterocycles. The maximum absolute atomic E-state index is 11.7. The minimum atomic E-state index is -1.01. The topological polar surface area (TPSA) is 87.5 Å². The van der Waals surface area contributed by atoms with Gasteiger partial charge in [0.2, 0.25) is 0 Å². The number of carbonyl (C=O) groups is 1. The Hall–Kier alpha value is -4.06. The lowest BCUT2D eigenvalue weighted by molar-refractivity contribution is 0.0696. The molecule has 136 valence electrons. The van der Waals surface area contributed by atoms with Crippen LogP contribution in [-0.2, 0) is 0 Å². The van der Waals surface area contributed by atoms with Crippen molar-refractivity contribution in [2.45, 2.75) is 0 Å². The molecule has 0 aliphatic carbocycles. The van der Waals surface area contributed by atoms with E-state index >= 15 is 0 Å². The summed E-state index contributed by atoms with van der Waals surface area (Å²) in [6, 6.07) is 23.7. The van der Waals surface area contributed by atoms with Gasteiger partial charge in [-0.15, -0.1) is 0 Å². The minimum Gasteiger partial charge on any atom is -0.478 e. The first-order valence-corrected chi connectivity index (χ1v) is 8.66. The Bertz CT molecular complexity index is 1170. The molecule has 1 heterocycles. The molecular formula is C22H16N4O2. The number of rotatable bonds is 5. The van der Waals surface area contributed by atoms with Crippen LogP contribution in [0, 0.1) is 0 Å². The van der Waals surface area contributed by atoms with E-state index in [1.807, 2.05) is 54.6 Å². The summed E-state index contributed by atoms with van der Waals surface area (Å²) in [5.74, 6) is -0.537. The molecule has 0 amide bonds. The van der Waals surface area contributed by atoms with E-state index in [-0.39, 0.29) is 5.56 Å². The van der Waals surface area contributed by atoms with Crippen molar-refractivity contribution in [3.05, 3.63) is 102 Å². The summed E-state index contributed by atoms with van der Waals surface area (Å²) in [6.45, 7) is 0. The summed E-state index contributed by atoms with van der Waals surface area (Å²) in [6.07, 6.45) is 1.59. The number of aromatic nitrogens is 2. The maximum atomic E-state index is 11.7. The SMILES string of the molecule is O=C(O)c1ccccc1C(=NNc1cnc2ccccc2n1)c1ccccc1. The van der Waals surface area contributed by atoms with Gasteiger partial charge in [0.25, 0.3) is 0 Å². The van der Waals surface area contributed by atoms with Gasteiger partial charge in [-0.25, -0.2) is 9.78 Å². The molecule has 4 rings (SSSR count). The summed E-state index contributed by atoms with van der Waals surface area (Å²) < 4.78 is 0. The van der Waals surface area contributed by atoms with E-state index in [1.54, 1.807) is 30.5 Å². The lowest BCUT2D eigenvalue weighted by Gasteiger charge is -2.11. The van der Waals surface area contributed by atoms with Crippen LogP contribution in [-0.4, -0.2) is 26.8 Å². The van der Waals surface area contributed by atoms with E-state index in [9.17, 15) is 9.90 Å². The van der Waals surface area contributed by atoms with Crippen LogP contribution in [0.15, 0.2) is 90.2 Å². The Labute approximate surface area is 161 Å². The minimum absolute atomic E-state index is 0.177. The molecule has 1 aromatic heterocycles. The van der Waals surface area contributed by atoms with Gasteiger partial charge in [0, 0.05) is 11.1 Å². The number of hydrogen-bond donors (Lipinski definition) is 2. The number of aromatic carboxylic acids is 1. The van der Waals surface area contributed by atoms with Gasteiger partial charge in [-0.1, -0.05) is 60.7 Å². The summed E-state index contributed by atoms with van der Waals surface area (Å²) in [4.78, 5) is 20.5. The first-order valence-electron chi connectivity index (χ1n) is 8.66. The number of anilines is 1. The van der Waals surface area contributed by atoms with Crippen LogP contribution in [0.4, 0.5) is 5.82 Å². The summed E-state index contributed by atoms with van der Waals surface area (Å²) in [7, 11) is 0. The summed E-state index contributed by atoms with van der Waals surface area (Å²) in [5.41, 5.74) is 6.45. The average Bonchev–Trinajstić information content (AvgIpc) is 2.75. The van der Waals surface area contributed by atoms with Gasteiger partial charge in [-0.2, -0.15) is 5.10 Å². The zero-order valence-corrected chi connectivity index (χ0v) is 14.8. The molecule has 0 saturated carbocycles. The van der Waals surface area contributed by atoms with Crippen LogP contribution in [0.3, 0.4) is 0 Å². The first-order chi connectivity index (χ1) is 13.7. The molecule has 4 aromatic rings. The van der Waals surface area contributed by atoms with Gasteiger partial charge >= 0.3 is 5.97 Å². The molecule has 0 atom stereocenters. The number of nitrogens with zero attached hydrogens (tertiary/aromatic N) is 3. The molecule has 0 bridgehead atoms. The van der Waals surface area contributed by atoms with Crippen molar-refractivity contribution in [2.24, 2.45) is 5.10 Å². The van der Waals surface area contributed by atoms with E-state index in [4.69, 9.17) is 0 Å². The fourth-order valence-corrected chi connectivity index (χ4v) is 2.88. The van der Waals surface area contributed by atoms with E-state index in [1.165, 1.54) is 0 Å². The molecule has 0 aliphatic heterocycles. The Morgan fingerprint density at radius 1 is 0.821 bits per heavy atom. The molecule has 6 heteroatoms. The third kappa shape index (κ3) is 3.57. The van der Waals surface area contributed by atoms with Gasteiger partial charge in [0.15, 0.2) is 5.82 Å². The quantitative estimate of drug-likeness (QED) is 0.407. The first kappa shape index (κ1) is 17.4. The van der Waals surface area contributed by atoms with Crippen LogP contribution in [0.5, 0.6) is 0 Å². The highest BCUT2D eigenvalue weighted by Gasteiger charge is 2.16. The molecule has 2 N–H and O–H groups in total. The standard InChI is InChI=1S/C22H16N4O2/c27-22(28)17-11-5-4-10-16(17)21(15-8-2-1-3-9-15)26-25-20-14-23-18-12-6-7-13-19(18)24-20/h1-14H,(H,24,25)(H,27,28). The average molecular weight is 368 g/mol. The zero-order valence-electron chi connectivity index (χ0n) is 14.8. The Morgan fingerprint density at radius 2 is 1.46 bits per heavy atom. The van der Waals surface area contributed by atoms with Crippen LogP contribution >= 0.6 is 0 Å². The molecular weight excluding hydrogens is 352 g/mol. The molecule has 0 unspecified atom stereocenters. The third-order valence-corrected chi connectivity index (χ3v) is 4.19. The van der Waals surface area contributed by atoms with Crippen LogP contribution < -0.4 is 5.43 Å². The largest absolute Gasteiger partial charge is 0.478 e. The highest BCUT2D eigenvalue weighted by Crippen LogP contribution is 2.17. The predicted octanol–water partition coefficient (Wildman–Crippen LogP) is 4.19.